The van der Waals surface area contributed by atoms with Gasteiger partial charge in [0, 0.05) is 31.9 Å². The maximum Gasteiger partial charge on any atom is 0.267 e. The zero-order valence-corrected chi connectivity index (χ0v) is 12.3. The van der Waals surface area contributed by atoms with Gasteiger partial charge >= 0.3 is 0 Å². The summed E-state index contributed by atoms with van der Waals surface area (Å²) in [4.78, 5) is 24.2. The maximum atomic E-state index is 12.2. The summed E-state index contributed by atoms with van der Waals surface area (Å²) in [5.74, 6) is 0.0901. The van der Waals surface area contributed by atoms with Crippen LogP contribution in [0.3, 0.4) is 0 Å². The van der Waals surface area contributed by atoms with Crippen LogP contribution in [0.15, 0.2) is 35.4 Å². The van der Waals surface area contributed by atoms with Crippen LogP contribution in [0.2, 0.25) is 0 Å². The third kappa shape index (κ3) is 3.33. The molecule has 6 nitrogen and oxygen atoms in total. The summed E-state index contributed by atoms with van der Waals surface area (Å²) < 4.78 is 5.29. The van der Waals surface area contributed by atoms with Gasteiger partial charge in [-0.2, -0.15) is 5.10 Å². The van der Waals surface area contributed by atoms with E-state index in [2.05, 4.69) is 10.4 Å². The number of carbonyl (C=O) groups is 2. The summed E-state index contributed by atoms with van der Waals surface area (Å²) in [5, 5.41) is 8.45. The Kier molecular flexibility index (Phi) is 4.48. The minimum atomic E-state index is -0.194. The van der Waals surface area contributed by atoms with E-state index in [1.807, 2.05) is 18.2 Å². The van der Waals surface area contributed by atoms with Crippen LogP contribution < -0.4 is 10.3 Å². The number of hydrazone groups is 1. The van der Waals surface area contributed by atoms with E-state index in [0.717, 1.165) is 13.0 Å². The van der Waals surface area contributed by atoms with Crippen molar-refractivity contribution in [3.8, 4) is 0 Å². The molecule has 0 aromatic heterocycles. The van der Waals surface area contributed by atoms with Crippen LogP contribution >= 0.6 is 0 Å². The predicted octanol–water partition coefficient (Wildman–Crippen LogP) is 1.32. The normalized spacial score (nSPS) is 21.6. The first kappa shape index (κ1) is 14.7. The molecule has 2 aliphatic heterocycles. The molecule has 0 bridgehead atoms. The number of anilines is 1. The lowest BCUT2D eigenvalue weighted by Crippen LogP contribution is -2.40. The summed E-state index contributed by atoms with van der Waals surface area (Å²) in [5.41, 5.74) is 1.09. The first-order valence-corrected chi connectivity index (χ1v) is 7.55. The topological polar surface area (TPSA) is 71.0 Å². The molecular formula is C16H19N3O3. The van der Waals surface area contributed by atoms with Gasteiger partial charge in [-0.1, -0.05) is 18.2 Å². The second-order valence-corrected chi connectivity index (χ2v) is 5.53. The van der Waals surface area contributed by atoms with Crippen LogP contribution in [-0.4, -0.2) is 37.3 Å². The molecule has 0 radical (unpaired) electrons. The highest BCUT2D eigenvalue weighted by atomic mass is 16.5. The molecule has 2 heterocycles. The van der Waals surface area contributed by atoms with Gasteiger partial charge in [0.25, 0.3) is 5.91 Å². The summed E-state index contributed by atoms with van der Waals surface area (Å²) in [7, 11) is 0. The number of hydrogen-bond acceptors (Lipinski definition) is 4. The van der Waals surface area contributed by atoms with Crippen molar-refractivity contribution in [3.63, 3.8) is 0 Å². The Balaban J connectivity index is 1.67. The number of amides is 2. The Morgan fingerprint density at radius 1 is 1.32 bits per heavy atom. The molecule has 1 unspecified atom stereocenters. The zero-order valence-electron chi connectivity index (χ0n) is 12.3. The molecule has 22 heavy (non-hydrogen) atoms. The van der Waals surface area contributed by atoms with Crippen molar-refractivity contribution in [3.05, 3.63) is 30.3 Å². The van der Waals surface area contributed by atoms with Crippen LogP contribution in [0.25, 0.3) is 0 Å². The molecule has 0 spiro atoms. The Labute approximate surface area is 129 Å². The van der Waals surface area contributed by atoms with Crippen LogP contribution in [0.1, 0.15) is 19.3 Å². The van der Waals surface area contributed by atoms with Crippen LogP contribution in [-0.2, 0) is 14.3 Å². The first-order valence-electron chi connectivity index (χ1n) is 7.55. The van der Waals surface area contributed by atoms with Crippen molar-refractivity contribution in [1.29, 1.82) is 0 Å². The van der Waals surface area contributed by atoms with E-state index in [4.69, 9.17) is 4.74 Å². The van der Waals surface area contributed by atoms with Gasteiger partial charge in [0.05, 0.1) is 12.3 Å². The molecular weight excluding hydrogens is 282 g/mol. The lowest BCUT2D eigenvalue weighted by atomic mass is 10.1. The highest BCUT2D eigenvalue weighted by Gasteiger charge is 2.26. The Hall–Kier alpha value is -2.21. The van der Waals surface area contributed by atoms with Gasteiger partial charge in [-0.3, -0.25) is 9.59 Å². The standard InChI is InChI=1S/C16H19N3O3/c20-15-7-6-14(16(21)17-10-12-8-9-22-11-12)18-19(15)13-4-2-1-3-5-13/h1-5,12H,6-11H2,(H,17,21). The van der Waals surface area contributed by atoms with Crippen molar-refractivity contribution < 1.29 is 14.3 Å². The van der Waals surface area contributed by atoms with Crippen molar-refractivity contribution in [2.75, 3.05) is 24.8 Å². The molecule has 6 heteroatoms. The van der Waals surface area contributed by atoms with Crippen molar-refractivity contribution >= 4 is 23.2 Å². The smallest absolute Gasteiger partial charge is 0.267 e. The Bertz CT molecular complexity index is 580. The quantitative estimate of drug-likeness (QED) is 0.912. The fourth-order valence-corrected chi connectivity index (χ4v) is 2.57. The number of benzene rings is 1. The van der Waals surface area contributed by atoms with E-state index in [0.29, 0.717) is 43.3 Å². The van der Waals surface area contributed by atoms with Crippen molar-refractivity contribution in [2.24, 2.45) is 11.0 Å². The molecule has 1 N–H and O–H groups in total. The van der Waals surface area contributed by atoms with Crippen molar-refractivity contribution in [1.82, 2.24) is 5.32 Å². The largest absolute Gasteiger partial charge is 0.381 e. The monoisotopic (exact) mass is 301 g/mol. The van der Waals surface area contributed by atoms with Crippen LogP contribution in [0.5, 0.6) is 0 Å². The molecule has 1 saturated heterocycles. The predicted molar refractivity (Wildman–Crippen MR) is 82.5 cm³/mol. The molecule has 1 aromatic carbocycles. The third-order valence-corrected chi connectivity index (χ3v) is 3.87. The third-order valence-electron chi connectivity index (χ3n) is 3.87. The van der Waals surface area contributed by atoms with E-state index in [-0.39, 0.29) is 11.8 Å². The molecule has 1 atom stereocenters. The summed E-state index contributed by atoms with van der Waals surface area (Å²) in [6.45, 7) is 2.05. The number of nitrogens with zero attached hydrogens (tertiary/aromatic N) is 2. The minimum absolute atomic E-state index is 0.0908. The molecule has 0 saturated carbocycles. The van der Waals surface area contributed by atoms with Crippen LogP contribution in [0, 0.1) is 5.92 Å². The van der Waals surface area contributed by atoms with Gasteiger partial charge in [-0.15, -0.1) is 0 Å². The van der Waals surface area contributed by atoms with E-state index in [9.17, 15) is 9.59 Å². The van der Waals surface area contributed by atoms with Gasteiger partial charge in [0.2, 0.25) is 5.91 Å². The number of ether oxygens (including phenoxy) is 1. The maximum absolute atomic E-state index is 12.2. The fourth-order valence-electron chi connectivity index (χ4n) is 2.57. The van der Waals surface area contributed by atoms with E-state index in [1.54, 1.807) is 12.1 Å². The Morgan fingerprint density at radius 3 is 2.86 bits per heavy atom. The number of hydrogen-bond donors (Lipinski definition) is 1. The SMILES string of the molecule is O=C(NCC1CCOC1)C1=NN(c2ccccc2)C(=O)CC1. The molecule has 1 aromatic rings. The first-order chi connectivity index (χ1) is 10.7. The number of para-hydroxylation sites is 1. The van der Waals surface area contributed by atoms with E-state index < -0.39 is 0 Å². The minimum Gasteiger partial charge on any atom is -0.381 e. The summed E-state index contributed by atoms with van der Waals surface area (Å²) >= 11 is 0. The molecule has 1 fully saturated rings. The highest BCUT2D eigenvalue weighted by Crippen LogP contribution is 2.19. The average Bonchev–Trinajstić information content (AvgIpc) is 3.07. The van der Waals surface area contributed by atoms with Gasteiger partial charge in [0.15, 0.2) is 0 Å². The number of nitrogens with one attached hydrogen (secondary N) is 1. The zero-order chi connectivity index (χ0) is 15.4. The van der Waals surface area contributed by atoms with Gasteiger partial charge < -0.3 is 10.1 Å². The van der Waals surface area contributed by atoms with Crippen molar-refractivity contribution in [2.45, 2.75) is 19.3 Å². The average molecular weight is 301 g/mol. The lowest BCUT2D eigenvalue weighted by Gasteiger charge is -2.23. The van der Waals surface area contributed by atoms with Gasteiger partial charge in [0.1, 0.15) is 5.71 Å². The Morgan fingerprint density at radius 2 is 2.14 bits per heavy atom. The number of carbonyl (C=O) groups excluding carboxylic acids is 2. The second-order valence-electron chi connectivity index (χ2n) is 5.53. The number of rotatable bonds is 4. The van der Waals surface area contributed by atoms with E-state index >= 15 is 0 Å². The molecule has 2 amide bonds. The molecule has 3 rings (SSSR count). The molecule has 0 aliphatic carbocycles. The molecule has 2 aliphatic rings. The fraction of sp³-hybridized carbons (Fsp3) is 0.438. The van der Waals surface area contributed by atoms with Gasteiger partial charge in [-0.05, 0) is 18.6 Å². The van der Waals surface area contributed by atoms with Gasteiger partial charge in [-0.25, -0.2) is 5.01 Å². The molecule has 116 valence electrons. The summed E-state index contributed by atoms with van der Waals surface area (Å²) in [6, 6.07) is 9.16. The lowest BCUT2D eigenvalue weighted by molar-refractivity contribution is -0.119. The van der Waals surface area contributed by atoms with Crippen LogP contribution in [0.4, 0.5) is 5.69 Å². The summed E-state index contributed by atoms with van der Waals surface area (Å²) in [6.07, 6.45) is 1.66. The second kappa shape index (κ2) is 6.70. The van der Waals surface area contributed by atoms with E-state index in [1.165, 1.54) is 5.01 Å². The highest BCUT2D eigenvalue weighted by molar-refractivity contribution is 6.40.